The Hall–Kier alpha value is -2.20. The first-order valence-corrected chi connectivity index (χ1v) is 5.80. The van der Waals surface area contributed by atoms with Crippen LogP contribution in [-0.2, 0) is 6.61 Å². The molecule has 0 unspecified atom stereocenters. The predicted octanol–water partition coefficient (Wildman–Crippen LogP) is 2.22. The molecule has 0 aliphatic rings. The third-order valence-electron chi connectivity index (χ3n) is 2.88. The zero-order valence-electron chi connectivity index (χ0n) is 10.0. The van der Waals surface area contributed by atoms with Crippen molar-refractivity contribution in [1.29, 1.82) is 0 Å². The Morgan fingerprint density at radius 1 is 1.22 bits per heavy atom. The molecule has 0 spiro atoms. The number of hydrogen-bond donors (Lipinski definition) is 1. The minimum atomic E-state index is -0.0713. The van der Waals surface area contributed by atoms with Gasteiger partial charge < -0.3 is 5.11 Å². The topological polar surface area (TPSA) is 50.9 Å². The second-order valence-electron chi connectivity index (χ2n) is 4.21. The van der Waals surface area contributed by atoms with Crippen molar-refractivity contribution < 1.29 is 5.11 Å². The average Bonchev–Trinajstić information content (AvgIpc) is 2.84. The molecular weight excluding hydrogens is 226 g/mol. The Bertz CT molecular complexity index is 703. The van der Waals surface area contributed by atoms with E-state index in [4.69, 9.17) is 0 Å². The van der Waals surface area contributed by atoms with Gasteiger partial charge in [-0.25, -0.2) is 4.68 Å². The third kappa shape index (κ3) is 1.76. The van der Waals surface area contributed by atoms with Gasteiger partial charge in [0, 0.05) is 11.6 Å². The van der Waals surface area contributed by atoms with Crippen LogP contribution < -0.4 is 0 Å². The molecule has 3 rings (SSSR count). The van der Waals surface area contributed by atoms with E-state index < -0.39 is 0 Å². The monoisotopic (exact) mass is 239 g/mol. The maximum Gasteiger partial charge on any atom is 0.0854 e. The molecule has 0 radical (unpaired) electrons. The first-order valence-electron chi connectivity index (χ1n) is 5.80. The van der Waals surface area contributed by atoms with Gasteiger partial charge in [-0.3, -0.25) is 4.98 Å². The molecule has 0 saturated carbocycles. The molecule has 0 atom stereocenters. The highest BCUT2D eigenvalue weighted by Crippen LogP contribution is 2.21. The molecule has 18 heavy (non-hydrogen) atoms. The summed E-state index contributed by atoms with van der Waals surface area (Å²) in [7, 11) is 0. The zero-order chi connectivity index (χ0) is 12.5. The van der Waals surface area contributed by atoms with Crippen molar-refractivity contribution in [3.63, 3.8) is 0 Å². The first kappa shape index (κ1) is 10.9. The highest BCUT2D eigenvalue weighted by molar-refractivity contribution is 5.87. The minimum Gasteiger partial charge on any atom is -0.390 e. The van der Waals surface area contributed by atoms with E-state index in [1.807, 2.05) is 54.2 Å². The van der Waals surface area contributed by atoms with Gasteiger partial charge in [-0.05, 0) is 25.1 Å². The number of benzene rings is 1. The van der Waals surface area contributed by atoms with Crippen molar-refractivity contribution in [2.75, 3.05) is 0 Å². The Labute approximate surface area is 105 Å². The van der Waals surface area contributed by atoms with E-state index in [1.165, 1.54) is 0 Å². The first-order chi connectivity index (χ1) is 8.78. The van der Waals surface area contributed by atoms with Crippen molar-refractivity contribution in [3.05, 3.63) is 54.0 Å². The van der Waals surface area contributed by atoms with Gasteiger partial charge in [-0.2, -0.15) is 5.10 Å². The molecule has 1 N–H and O–H groups in total. The predicted molar refractivity (Wildman–Crippen MR) is 69.5 cm³/mol. The molecule has 0 fully saturated rings. The van der Waals surface area contributed by atoms with Gasteiger partial charge in [0.05, 0.1) is 29.2 Å². The van der Waals surface area contributed by atoms with E-state index >= 15 is 0 Å². The number of rotatable bonds is 2. The van der Waals surface area contributed by atoms with E-state index in [9.17, 15) is 5.11 Å². The van der Waals surface area contributed by atoms with Gasteiger partial charge in [0.1, 0.15) is 0 Å². The van der Waals surface area contributed by atoms with Crippen molar-refractivity contribution >= 4 is 10.9 Å². The summed E-state index contributed by atoms with van der Waals surface area (Å²) in [5.41, 5.74) is 3.42. The van der Waals surface area contributed by atoms with E-state index in [1.54, 1.807) is 0 Å². The van der Waals surface area contributed by atoms with Crippen LogP contribution in [0.4, 0.5) is 0 Å². The average molecular weight is 239 g/mol. The van der Waals surface area contributed by atoms with Crippen LogP contribution in [0.25, 0.3) is 16.6 Å². The largest absolute Gasteiger partial charge is 0.390 e. The van der Waals surface area contributed by atoms with Crippen LogP contribution in [0.15, 0.2) is 42.6 Å². The summed E-state index contributed by atoms with van der Waals surface area (Å²) >= 11 is 0. The summed E-state index contributed by atoms with van der Waals surface area (Å²) in [4.78, 5) is 4.40. The van der Waals surface area contributed by atoms with Crippen molar-refractivity contribution in [2.45, 2.75) is 13.5 Å². The summed E-state index contributed by atoms with van der Waals surface area (Å²) in [5, 5.41) is 14.7. The molecule has 4 heteroatoms. The molecule has 2 heterocycles. The fourth-order valence-electron chi connectivity index (χ4n) is 2.03. The lowest BCUT2D eigenvalue weighted by atomic mass is 10.1. The number of hydrogen-bond acceptors (Lipinski definition) is 3. The van der Waals surface area contributed by atoms with E-state index in [-0.39, 0.29) is 6.61 Å². The lowest BCUT2D eigenvalue weighted by molar-refractivity contribution is 0.277. The smallest absolute Gasteiger partial charge is 0.0854 e. The quantitative estimate of drug-likeness (QED) is 0.746. The number of aliphatic hydroxyl groups excluding tert-OH is 1. The van der Waals surface area contributed by atoms with Gasteiger partial charge >= 0.3 is 0 Å². The summed E-state index contributed by atoms with van der Waals surface area (Å²) in [6, 6.07) is 11.7. The van der Waals surface area contributed by atoms with Gasteiger partial charge in [-0.15, -0.1) is 0 Å². The molecule has 0 amide bonds. The van der Waals surface area contributed by atoms with Gasteiger partial charge in [-0.1, -0.05) is 18.2 Å². The number of nitrogens with zero attached hydrogens (tertiary/aromatic N) is 3. The number of para-hydroxylation sites is 1. The Morgan fingerprint density at radius 2 is 2.06 bits per heavy atom. The highest BCUT2D eigenvalue weighted by Gasteiger charge is 2.07. The molecule has 4 nitrogen and oxygen atoms in total. The molecule has 1 aromatic carbocycles. The Morgan fingerprint density at radius 3 is 2.78 bits per heavy atom. The lowest BCUT2D eigenvalue weighted by Crippen LogP contribution is -2.00. The fourth-order valence-corrected chi connectivity index (χ4v) is 2.03. The number of pyridine rings is 1. The molecule has 90 valence electrons. The minimum absolute atomic E-state index is 0.0713. The third-order valence-corrected chi connectivity index (χ3v) is 2.88. The van der Waals surface area contributed by atoms with E-state index in [0.29, 0.717) is 5.69 Å². The van der Waals surface area contributed by atoms with Crippen LogP contribution in [0.3, 0.4) is 0 Å². The van der Waals surface area contributed by atoms with Crippen LogP contribution in [-0.4, -0.2) is 19.9 Å². The Kier molecular flexibility index (Phi) is 2.57. The van der Waals surface area contributed by atoms with Crippen LogP contribution >= 0.6 is 0 Å². The second-order valence-corrected chi connectivity index (χ2v) is 4.21. The van der Waals surface area contributed by atoms with Gasteiger partial charge in [0.25, 0.3) is 0 Å². The summed E-state index contributed by atoms with van der Waals surface area (Å²) < 4.78 is 1.82. The van der Waals surface area contributed by atoms with Gasteiger partial charge in [0.15, 0.2) is 0 Å². The lowest BCUT2D eigenvalue weighted by Gasteiger charge is -2.08. The summed E-state index contributed by atoms with van der Waals surface area (Å²) in [5.74, 6) is 0. The standard InChI is InChI=1S/C14H13N3O/c1-10-6-7-17(16-10)14-8-11(9-18)15-13-5-3-2-4-12(13)14/h2-8,18H,9H2,1H3. The van der Waals surface area contributed by atoms with Gasteiger partial charge in [0.2, 0.25) is 0 Å². The Balaban J connectivity index is 2.32. The van der Waals surface area contributed by atoms with Crippen LogP contribution in [0, 0.1) is 6.92 Å². The second kappa shape index (κ2) is 4.23. The number of aromatic nitrogens is 3. The summed E-state index contributed by atoms with van der Waals surface area (Å²) in [6.07, 6.45) is 1.91. The number of fused-ring (bicyclic) bond motifs is 1. The maximum absolute atomic E-state index is 9.28. The van der Waals surface area contributed by atoms with Crippen LogP contribution in [0.1, 0.15) is 11.4 Å². The van der Waals surface area contributed by atoms with Crippen molar-refractivity contribution in [3.8, 4) is 5.69 Å². The molecule has 0 bridgehead atoms. The van der Waals surface area contributed by atoms with Crippen LogP contribution in [0.5, 0.6) is 0 Å². The normalized spacial score (nSPS) is 11.0. The van der Waals surface area contributed by atoms with Crippen molar-refractivity contribution in [1.82, 2.24) is 14.8 Å². The molecule has 0 saturated heterocycles. The number of aliphatic hydroxyl groups is 1. The zero-order valence-corrected chi connectivity index (χ0v) is 10.0. The molecular formula is C14H13N3O. The maximum atomic E-state index is 9.28. The van der Waals surface area contributed by atoms with E-state index in [0.717, 1.165) is 22.3 Å². The highest BCUT2D eigenvalue weighted by atomic mass is 16.3. The molecule has 3 aromatic rings. The molecule has 0 aliphatic carbocycles. The fraction of sp³-hybridized carbons (Fsp3) is 0.143. The SMILES string of the molecule is Cc1ccn(-c2cc(CO)nc3ccccc23)n1. The van der Waals surface area contributed by atoms with Crippen LogP contribution in [0.2, 0.25) is 0 Å². The molecule has 2 aromatic heterocycles. The number of aryl methyl sites for hydroxylation is 1. The van der Waals surface area contributed by atoms with Crippen molar-refractivity contribution in [2.24, 2.45) is 0 Å². The molecule has 0 aliphatic heterocycles. The summed E-state index contributed by atoms with van der Waals surface area (Å²) in [6.45, 7) is 1.88. The van der Waals surface area contributed by atoms with E-state index in [2.05, 4.69) is 10.1 Å².